The predicted octanol–water partition coefficient (Wildman–Crippen LogP) is 4.26. The van der Waals surface area contributed by atoms with E-state index in [1.807, 2.05) is 34.5 Å². The topological polar surface area (TPSA) is 59.2 Å². The van der Waals surface area contributed by atoms with Crippen LogP contribution in [0.4, 0.5) is 0 Å². The van der Waals surface area contributed by atoms with Crippen LogP contribution in [0.3, 0.4) is 0 Å². The molecule has 1 saturated heterocycles. The van der Waals surface area contributed by atoms with Gasteiger partial charge < -0.3 is 9.32 Å². The van der Waals surface area contributed by atoms with Crippen molar-refractivity contribution in [3.05, 3.63) is 46.2 Å². The van der Waals surface area contributed by atoms with Crippen molar-refractivity contribution in [3.8, 4) is 0 Å². The summed E-state index contributed by atoms with van der Waals surface area (Å²) >= 11 is 1.58. The molecule has 1 fully saturated rings. The van der Waals surface area contributed by atoms with Gasteiger partial charge in [-0.25, -0.2) is 9.97 Å². The lowest BCUT2D eigenvalue weighted by Crippen LogP contribution is -2.38. The van der Waals surface area contributed by atoms with E-state index in [2.05, 4.69) is 16.9 Å². The first-order valence-electron chi connectivity index (χ1n) is 8.83. The fraction of sp³-hybridized carbons (Fsp3) is 0.421. The van der Waals surface area contributed by atoms with Gasteiger partial charge in [-0.3, -0.25) is 4.79 Å². The minimum absolute atomic E-state index is 0.0506. The molecule has 0 unspecified atom stereocenters. The number of benzene rings is 1. The third-order valence-electron chi connectivity index (χ3n) is 4.68. The number of para-hydroxylation sites is 2. The van der Waals surface area contributed by atoms with Gasteiger partial charge in [0.1, 0.15) is 11.2 Å². The average molecular weight is 355 g/mol. The molecule has 4 rings (SSSR count). The fourth-order valence-electron chi connectivity index (χ4n) is 3.29. The van der Waals surface area contributed by atoms with Crippen LogP contribution in [-0.2, 0) is 6.42 Å². The first-order chi connectivity index (χ1) is 12.2. The number of oxazole rings is 1. The zero-order chi connectivity index (χ0) is 17.2. The maximum Gasteiger partial charge on any atom is 0.273 e. The number of aryl methyl sites for hydroxylation is 1. The molecule has 1 aromatic carbocycles. The lowest BCUT2D eigenvalue weighted by molar-refractivity contribution is 0.0701. The molecule has 1 amide bonds. The van der Waals surface area contributed by atoms with E-state index in [9.17, 15) is 4.79 Å². The van der Waals surface area contributed by atoms with Gasteiger partial charge in [0.2, 0.25) is 0 Å². The molecule has 25 heavy (non-hydrogen) atoms. The minimum atomic E-state index is 0.0506. The van der Waals surface area contributed by atoms with Crippen molar-refractivity contribution < 1.29 is 9.21 Å². The van der Waals surface area contributed by atoms with Gasteiger partial charge in [0, 0.05) is 24.4 Å². The first-order valence-corrected chi connectivity index (χ1v) is 9.71. The zero-order valence-corrected chi connectivity index (χ0v) is 15.1. The second kappa shape index (κ2) is 6.96. The monoisotopic (exact) mass is 355 g/mol. The summed E-state index contributed by atoms with van der Waals surface area (Å²) in [7, 11) is 0. The number of fused-ring (bicyclic) bond motifs is 1. The summed E-state index contributed by atoms with van der Waals surface area (Å²) in [5.41, 5.74) is 2.33. The van der Waals surface area contributed by atoms with Crippen molar-refractivity contribution in [2.24, 2.45) is 0 Å². The largest absolute Gasteiger partial charge is 0.440 e. The van der Waals surface area contributed by atoms with Crippen molar-refractivity contribution in [2.45, 2.75) is 38.5 Å². The highest BCUT2D eigenvalue weighted by molar-refractivity contribution is 7.09. The molecule has 0 atom stereocenters. The molecule has 5 nitrogen and oxygen atoms in total. The standard InChI is InChI=1S/C19H21N3O2S/c1-2-5-17-20-15(12-25-17)19(23)22-10-8-13(9-11-22)18-21-14-6-3-4-7-16(14)24-18/h3-4,6-7,12-13H,2,5,8-11H2,1H3. The molecular formula is C19H21N3O2S. The van der Waals surface area contributed by atoms with Crippen LogP contribution in [0.15, 0.2) is 34.1 Å². The van der Waals surface area contributed by atoms with Crippen molar-refractivity contribution in [1.29, 1.82) is 0 Å². The Hall–Kier alpha value is -2.21. The molecule has 6 heteroatoms. The van der Waals surface area contributed by atoms with Crippen LogP contribution in [0.2, 0.25) is 0 Å². The molecule has 0 spiro atoms. The highest BCUT2D eigenvalue weighted by atomic mass is 32.1. The van der Waals surface area contributed by atoms with E-state index in [1.54, 1.807) is 11.3 Å². The van der Waals surface area contributed by atoms with Gasteiger partial charge in [-0.1, -0.05) is 19.1 Å². The Labute approximate surface area is 150 Å². The molecule has 0 bridgehead atoms. The number of rotatable bonds is 4. The SMILES string of the molecule is CCCc1nc(C(=O)N2CCC(c3nc4ccccc4o3)CC2)cs1. The summed E-state index contributed by atoms with van der Waals surface area (Å²) in [5.74, 6) is 1.13. The normalized spacial score (nSPS) is 15.8. The fourth-order valence-corrected chi connectivity index (χ4v) is 4.17. The molecule has 3 heterocycles. The maximum atomic E-state index is 12.6. The second-order valence-electron chi connectivity index (χ2n) is 6.46. The third-order valence-corrected chi connectivity index (χ3v) is 5.59. The third kappa shape index (κ3) is 3.31. The number of aromatic nitrogens is 2. The second-order valence-corrected chi connectivity index (χ2v) is 7.41. The van der Waals surface area contributed by atoms with Gasteiger partial charge in [-0.05, 0) is 37.8 Å². The van der Waals surface area contributed by atoms with Crippen LogP contribution in [-0.4, -0.2) is 33.9 Å². The van der Waals surface area contributed by atoms with Gasteiger partial charge in [-0.2, -0.15) is 0 Å². The molecule has 130 valence electrons. The van der Waals surface area contributed by atoms with E-state index in [4.69, 9.17) is 4.42 Å². The van der Waals surface area contributed by atoms with Crippen LogP contribution < -0.4 is 0 Å². The Morgan fingerprint density at radius 2 is 2.08 bits per heavy atom. The summed E-state index contributed by atoms with van der Waals surface area (Å²) in [5, 5.41) is 2.94. The van der Waals surface area contributed by atoms with Crippen molar-refractivity contribution in [1.82, 2.24) is 14.9 Å². The van der Waals surface area contributed by atoms with E-state index >= 15 is 0 Å². The molecule has 0 saturated carbocycles. The smallest absolute Gasteiger partial charge is 0.273 e. The Morgan fingerprint density at radius 1 is 1.28 bits per heavy atom. The summed E-state index contributed by atoms with van der Waals surface area (Å²) in [6, 6.07) is 7.84. The maximum absolute atomic E-state index is 12.6. The van der Waals surface area contributed by atoms with E-state index in [0.29, 0.717) is 5.69 Å². The van der Waals surface area contributed by atoms with Crippen LogP contribution in [0.5, 0.6) is 0 Å². The zero-order valence-electron chi connectivity index (χ0n) is 14.3. The Balaban J connectivity index is 1.41. The lowest BCUT2D eigenvalue weighted by atomic mass is 9.96. The summed E-state index contributed by atoms with van der Waals surface area (Å²) in [4.78, 5) is 23.6. The Morgan fingerprint density at radius 3 is 2.84 bits per heavy atom. The molecule has 0 radical (unpaired) electrons. The quantitative estimate of drug-likeness (QED) is 0.702. The summed E-state index contributed by atoms with van der Waals surface area (Å²) < 4.78 is 5.89. The van der Waals surface area contributed by atoms with E-state index < -0.39 is 0 Å². The number of nitrogens with zero attached hydrogens (tertiary/aromatic N) is 3. The number of hydrogen-bond donors (Lipinski definition) is 0. The molecule has 2 aromatic heterocycles. The van der Waals surface area contributed by atoms with Crippen molar-refractivity contribution in [2.75, 3.05) is 13.1 Å². The molecule has 1 aliphatic rings. The van der Waals surface area contributed by atoms with Crippen LogP contribution in [0.25, 0.3) is 11.1 Å². The predicted molar refractivity (Wildman–Crippen MR) is 98.0 cm³/mol. The first kappa shape index (κ1) is 16.3. The van der Waals surface area contributed by atoms with Crippen LogP contribution in [0, 0.1) is 0 Å². The van der Waals surface area contributed by atoms with E-state index in [0.717, 1.165) is 60.8 Å². The van der Waals surface area contributed by atoms with Crippen LogP contribution >= 0.6 is 11.3 Å². The van der Waals surface area contributed by atoms with Gasteiger partial charge in [0.25, 0.3) is 5.91 Å². The Bertz CT molecular complexity index is 845. The minimum Gasteiger partial charge on any atom is -0.440 e. The number of likely N-dealkylation sites (tertiary alicyclic amines) is 1. The van der Waals surface area contributed by atoms with Gasteiger partial charge in [0.15, 0.2) is 11.5 Å². The highest BCUT2D eigenvalue weighted by Gasteiger charge is 2.28. The number of hydrogen-bond acceptors (Lipinski definition) is 5. The number of piperidine rings is 1. The highest BCUT2D eigenvalue weighted by Crippen LogP contribution is 2.30. The summed E-state index contributed by atoms with van der Waals surface area (Å²) in [6.45, 7) is 3.57. The molecule has 0 N–H and O–H groups in total. The molecule has 0 aliphatic carbocycles. The number of thiazole rings is 1. The summed E-state index contributed by atoms with van der Waals surface area (Å²) in [6.07, 6.45) is 3.75. The molecule has 3 aromatic rings. The lowest BCUT2D eigenvalue weighted by Gasteiger charge is -2.30. The van der Waals surface area contributed by atoms with Crippen LogP contribution in [0.1, 0.15) is 53.5 Å². The average Bonchev–Trinajstić information content (AvgIpc) is 3.28. The molecular weight excluding hydrogens is 334 g/mol. The van der Waals surface area contributed by atoms with E-state index in [1.165, 1.54) is 0 Å². The van der Waals surface area contributed by atoms with Crippen molar-refractivity contribution >= 4 is 28.3 Å². The van der Waals surface area contributed by atoms with E-state index in [-0.39, 0.29) is 11.8 Å². The van der Waals surface area contributed by atoms with Gasteiger partial charge in [0.05, 0.1) is 5.01 Å². The van der Waals surface area contributed by atoms with Crippen molar-refractivity contribution in [3.63, 3.8) is 0 Å². The molecule has 1 aliphatic heterocycles. The number of carbonyl (C=O) groups is 1. The van der Waals surface area contributed by atoms with Gasteiger partial charge >= 0.3 is 0 Å². The van der Waals surface area contributed by atoms with Gasteiger partial charge in [-0.15, -0.1) is 11.3 Å². The number of carbonyl (C=O) groups excluding carboxylic acids is 1. The Kier molecular flexibility index (Phi) is 4.53. The number of amides is 1.